The number of rotatable bonds is 5. The fraction of sp³-hybridized carbons (Fsp3) is 0.471. The summed E-state index contributed by atoms with van der Waals surface area (Å²) in [5.41, 5.74) is -1.47. The Balaban J connectivity index is -0.000000946. The predicted molar refractivity (Wildman–Crippen MR) is 94.6 cm³/mol. The molecule has 1 rings (SSSR count). The molecule has 28 heavy (non-hydrogen) atoms. The van der Waals surface area contributed by atoms with Gasteiger partial charge in [-0.05, 0) is 13.3 Å². The van der Waals surface area contributed by atoms with Crippen molar-refractivity contribution in [2.45, 2.75) is 33.6 Å². The van der Waals surface area contributed by atoms with Crippen LogP contribution in [0, 0.1) is 30.2 Å². The van der Waals surface area contributed by atoms with Gasteiger partial charge in [0.25, 0.3) is 5.91 Å². The molecule has 0 aliphatic carbocycles. The zero-order valence-corrected chi connectivity index (χ0v) is 20.9. The fourth-order valence-corrected chi connectivity index (χ4v) is 1.85. The first-order chi connectivity index (χ1) is 12.6. The van der Waals surface area contributed by atoms with Gasteiger partial charge in [-0.15, -0.1) is 0 Å². The first kappa shape index (κ1) is 32.3. The molecule has 0 atom stereocenters. The molecule has 1 aromatic carbocycles. The number of halogens is 4. The van der Waals surface area contributed by atoms with Crippen molar-refractivity contribution in [1.82, 2.24) is 4.90 Å². The molecule has 0 aliphatic rings. The van der Waals surface area contributed by atoms with Gasteiger partial charge in [0.1, 0.15) is 0 Å². The quantitative estimate of drug-likeness (QED) is 0.161. The van der Waals surface area contributed by atoms with Gasteiger partial charge >= 0.3 is 57.4 Å². The Morgan fingerprint density at radius 2 is 1.54 bits per heavy atom. The standard InChI is InChI=1S/C14H15F4NO3.C2H6.CH2OP.K/c1-7-9(11(16)13(18)12(17)10(7)15)14(21)19(2)6-4-5-8(20)22-3;1-2;1-3-2;/h4-6H2,1-3H3;1-2H3;1H2;/q;;-1;+1. The van der Waals surface area contributed by atoms with Crippen molar-refractivity contribution in [3.8, 4) is 0 Å². The van der Waals surface area contributed by atoms with Crippen LogP contribution < -0.4 is 56.3 Å². The fourth-order valence-electron chi connectivity index (χ4n) is 1.85. The van der Waals surface area contributed by atoms with Crippen molar-refractivity contribution in [3.05, 3.63) is 34.4 Å². The number of benzene rings is 1. The van der Waals surface area contributed by atoms with Crippen LogP contribution in [0.3, 0.4) is 0 Å². The van der Waals surface area contributed by atoms with Crippen molar-refractivity contribution < 1.29 is 88.2 Å². The Morgan fingerprint density at radius 3 is 1.96 bits per heavy atom. The summed E-state index contributed by atoms with van der Waals surface area (Å²) < 4.78 is 57.9. The van der Waals surface area contributed by atoms with Crippen LogP contribution in [-0.2, 0) is 9.53 Å². The molecule has 0 radical (unpaired) electrons. The minimum Gasteiger partial charge on any atom is -0.806 e. The molecule has 1 aromatic rings. The maximum Gasteiger partial charge on any atom is 1.00 e. The third-order valence-corrected chi connectivity index (χ3v) is 3.16. The Labute approximate surface area is 206 Å². The minimum absolute atomic E-state index is 0. The van der Waals surface area contributed by atoms with Crippen LogP contribution in [-0.4, -0.2) is 43.8 Å². The van der Waals surface area contributed by atoms with E-state index in [0.717, 1.165) is 11.8 Å². The molecule has 0 unspecified atom stereocenters. The molecule has 1 amide bonds. The molecule has 0 fully saturated rings. The number of carbonyl (C=O) groups is 2. The summed E-state index contributed by atoms with van der Waals surface area (Å²) in [5.74, 6) is -8.82. The van der Waals surface area contributed by atoms with Gasteiger partial charge in [0.05, 0.1) is 12.7 Å². The van der Waals surface area contributed by atoms with Gasteiger partial charge in [-0.2, -0.15) is 0 Å². The molecule has 154 valence electrons. The van der Waals surface area contributed by atoms with Gasteiger partial charge in [-0.25, -0.2) is 26.0 Å². The summed E-state index contributed by atoms with van der Waals surface area (Å²) in [6, 6.07) is 0. The maximum atomic E-state index is 13.7. The van der Waals surface area contributed by atoms with E-state index in [2.05, 4.69) is 11.0 Å². The monoisotopic (exact) mass is 451 g/mol. The molecule has 0 N–H and O–H groups in total. The van der Waals surface area contributed by atoms with Gasteiger partial charge in [-0.3, -0.25) is 9.59 Å². The Kier molecular flexibility index (Phi) is 20.2. The molecule has 0 aliphatic heterocycles. The van der Waals surface area contributed by atoms with Crippen LogP contribution in [0.15, 0.2) is 0 Å². The third kappa shape index (κ3) is 9.91. The topological polar surface area (TPSA) is 69.7 Å². The second-order valence-electron chi connectivity index (χ2n) is 4.79. The summed E-state index contributed by atoms with van der Waals surface area (Å²) in [6.07, 6.45) is 3.16. The number of nitrogens with zero attached hydrogens (tertiary/aromatic N) is 1. The second kappa shape index (κ2) is 17.5. The number of ether oxygens (including phenoxy) is 1. The molecule has 0 saturated carbocycles. The van der Waals surface area contributed by atoms with Crippen molar-refractivity contribution in [2.24, 2.45) is 0 Å². The van der Waals surface area contributed by atoms with Crippen molar-refractivity contribution in [3.63, 3.8) is 0 Å². The summed E-state index contributed by atoms with van der Waals surface area (Å²) >= 11 is 0. The molecule has 0 bridgehead atoms. The van der Waals surface area contributed by atoms with Crippen molar-refractivity contribution in [1.29, 1.82) is 0 Å². The summed E-state index contributed by atoms with van der Waals surface area (Å²) in [6.45, 7) is 5.02. The van der Waals surface area contributed by atoms with E-state index in [1.807, 2.05) is 13.8 Å². The maximum absolute atomic E-state index is 13.7. The number of carbonyl (C=O) groups excluding carboxylic acids is 2. The van der Waals surface area contributed by atoms with Crippen LogP contribution in [0.5, 0.6) is 0 Å². The Hall–Kier alpha value is -0.354. The van der Waals surface area contributed by atoms with E-state index in [1.165, 1.54) is 14.2 Å². The van der Waals surface area contributed by atoms with Crippen LogP contribution in [0.25, 0.3) is 0 Å². The molecule has 0 saturated heterocycles. The van der Waals surface area contributed by atoms with Crippen LogP contribution in [0.2, 0.25) is 0 Å². The van der Waals surface area contributed by atoms with E-state index in [0.29, 0.717) is 0 Å². The predicted octanol–water partition coefficient (Wildman–Crippen LogP) is 0.247. The van der Waals surface area contributed by atoms with Crippen molar-refractivity contribution >= 4 is 26.6 Å². The second-order valence-corrected chi connectivity index (χ2v) is 5.05. The van der Waals surface area contributed by atoms with Gasteiger partial charge in [0.15, 0.2) is 23.3 Å². The van der Waals surface area contributed by atoms with E-state index < -0.39 is 46.3 Å². The molecule has 0 heterocycles. The molecule has 11 heteroatoms. The Morgan fingerprint density at radius 1 is 1.11 bits per heavy atom. The molecular formula is C17H23F4KNO4P. The largest absolute Gasteiger partial charge is 1.00 e. The first-order valence-electron chi connectivity index (χ1n) is 7.87. The number of amides is 1. The summed E-state index contributed by atoms with van der Waals surface area (Å²) in [5, 5.41) is 0. The van der Waals surface area contributed by atoms with Crippen LogP contribution in [0.1, 0.15) is 42.6 Å². The van der Waals surface area contributed by atoms with Crippen LogP contribution >= 0.6 is 8.43 Å². The minimum atomic E-state index is -2.03. The molecule has 0 spiro atoms. The van der Waals surface area contributed by atoms with Gasteiger partial charge in [0.2, 0.25) is 0 Å². The van der Waals surface area contributed by atoms with E-state index >= 15 is 0 Å². The number of hydrogen-bond donors (Lipinski definition) is 0. The van der Waals surface area contributed by atoms with Gasteiger partial charge in [0, 0.05) is 25.6 Å². The summed E-state index contributed by atoms with van der Waals surface area (Å²) in [4.78, 5) is 32.8. The molecule has 5 nitrogen and oxygen atoms in total. The molecular weight excluding hydrogens is 428 g/mol. The normalized spacial score (nSPS) is 9.21. The smallest absolute Gasteiger partial charge is 0.806 e. The Bertz CT molecular complexity index is 634. The third-order valence-electron chi connectivity index (χ3n) is 3.16. The van der Waals surface area contributed by atoms with E-state index in [4.69, 9.17) is 4.89 Å². The van der Waals surface area contributed by atoms with Crippen molar-refractivity contribution in [2.75, 3.05) is 20.7 Å². The SMILES string of the molecule is C=P[O-].CC.COC(=O)CCCN(C)C(=O)c1c(C)c(F)c(F)c(F)c1F.[K+]. The number of esters is 1. The van der Waals surface area contributed by atoms with Gasteiger partial charge in [-0.1, -0.05) is 20.1 Å². The van der Waals surface area contributed by atoms with E-state index in [1.54, 1.807) is 0 Å². The average molecular weight is 451 g/mol. The zero-order chi connectivity index (χ0) is 21.7. The summed E-state index contributed by atoms with van der Waals surface area (Å²) in [7, 11) is 2.40. The number of methoxy groups -OCH3 is 1. The molecule has 0 aromatic heterocycles. The van der Waals surface area contributed by atoms with E-state index in [9.17, 15) is 27.2 Å². The zero-order valence-electron chi connectivity index (χ0n) is 16.9. The van der Waals surface area contributed by atoms with Gasteiger partial charge < -0.3 is 14.5 Å². The number of hydrogen-bond acceptors (Lipinski definition) is 4. The average Bonchev–Trinajstić information content (AvgIpc) is 2.66. The first-order valence-corrected chi connectivity index (χ1v) is 8.86. The van der Waals surface area contributed by atoms with Crippen LogP contribution in [0.4, 0.5) is 17.6 Å². The van der Waals surface area contributed by atoms with E-state index in [-0.39, 0.29) is 79.2 Å².